The maximum absolute atomic E-state index is 12.9. The zero-order chi connectivity index (χ0) is 17.6. The van der Waals surface area contributed by atoms with Crippen LogP contribution in [-0.4, -0.2) is 40.1 Å². The molecule has 1 fully saturated rings. The molecule has 0 bridgehead atoms. The monoisotopic (exact) mass is 327 g/mol. The molecule has 2 heterocycles. The summed E-state index contributed by atoms with van der Waals surface area (Å²) in [5.41, 5.74) is 7.33. The fourth-order valence-corrected chi connectivity index (χ4v) is 3.33. The standard InChI is InChI=1S/C18H21N3O3/c1-10(2)9-20-11(3)7-8-14(17(20)23)21-16(22)12-5-4-6-13(19)15(12)18(21)24/h4-6,10,14H,3,7-9,19H2,1-2H3. The second-order valence-corrected chi connectivity index (χ2v) is 6.71. The van der Waals surface area contributed by atoms with E-state index in [-0.39, 0.29) is 28.6 Å². The molecule has 1 atom stereocenters. The number of anilines is 1. The van der Waals surface area contributed by atoms with Crippen LogP contribution < -0.4 is 5.73 Å². The van der Waals surface area contributed by atoms with E-state index >= 15 is 0 Å². The number of benzene rings is 1. The van der Waals surface area contributed by atoms with Crippen molar-refractivity contribution in [1.29, 1.82) is 0 Å². The minimum Gasteiger partial charge on any atom is -0.398 e. The summed E-state index contributed by atoms with van der Waals surface area (Å²) in [7, 11) is 0. The van der Waals surface area contributed by atoms with E-state index in [1.165, 1.54) is 0 Å². The van der Waals surface area contributed by atoms with E-state index < -0.39 is 17.9 Å². The molecule has 3 amide bonds. The Labute approximate surface area is 140 Å². The van der Waals surface area contributed by atoms with E-state index in [9.17, 15) is 14.4 Å². The Kier molecular flexibility index (Phi) is 3.91. The molecular formula is C18H21N3O3. The molecule has 2 aliphatic rings. The fraction of sp³-hybridized carbons (Fsp3) is 0.389. The third-order valence-electron chi connectivity index (χ3n) is 4.48. The Hall–Kier alpha value is -2.63. The molecule has 126 valence electrons. The zero-order valence-electron chi connectivity index (χ0n) is 13.9. The summed E-state index contributed by atoms with van der Waals surface area (Å²) in [4.78, 5) is 40.9. The van der Waals surface area contributed by atoms with Crippen molar-refractivity contribution in [2.45, 2.75) is 32.7 Å². The van der Waals surface area contributed by atoms with Gasteiger partial charge in [-0.25, -0.2) is 0 Å². The average Bonchev–Trinajstić information content (AvgIpc) is 2.77. The molecule has 1 saturated heterocycles. The van der Waals surface area contributed by atoms with Crippen molar-refractivity contribution in [3.8, 4) is 0 Å². The van der Waals surface area contributed by atoms with Gasteiger partial charge in [0.15, 0.2) is 0 Å². The van der Waals surface area contributed by atoms with Gasteiger partial charge in [-0.1, -0.05) is 26.5 Å². The SMILES string of the molecule is C=C1CCC(N2C(=O)c3cccc(N)c3C2=O)C(=O)N1CC(C)C. The smallest absolute Gasteiger partial charge is 0.264 e. The van der Waals surface area contributed by atoms with Crippen LogP contribution in [0.1, 0.15) is 47.4 Å². The van der Waals surface area contributed by atoms with Gasteiger partial charge in [0.25, 0.3) is 11.8 Å². The van der Waals surface area contributed by atoms with Gasteiger partial charge in [-0.2, -0.15) is 0 Å². The molecule has 1 aromatic carbocycles. The van der Waals surface area contributed by atoms with Gasteiger partial charge in [-0.15, -0.1) is 0 Å². The van der Waals surface area contributed by atoms with Gasteiger partial charge in [-0.3, -0.25) is 19.3 Å². The Morgan fingerprint density at radius 1 is 1.25 bits per heavy atom. The first-order valence-corrected chi connectivity index (χ1v) is 8.08. The highest BCUT2D eigenvalue weighted by atomic mass is 16.2. The van der Waals surface area contributed by atoms with Gasteiger partial charge in [-0.05, 0) is 30.9 Å². The van der Waals surface area contributed by atoms with Crippen LogP contribution in [-0.2, 0) is 4.79 Å². The molecule has 0 spiro atoms. The number of carbonyl (C=O) groups excluding carboxylic acids is 3. The van der Waals surface area contributed by atoms with Crippen molar-refractivity contribution in [2.24, 2.45) is 5.92 Å². The van der Waals surface area contributed by atoms with Crippen molar-refractivity contribution in [1.82, 2.24) is 9.80 Å². The van der Waals surface area contributed by atoms with Crippen LogP contribution in [0.4, 0.5) is 5.69 Å². The highest BCUT2D eigenvalue weighted by molar-refractivity contribution is 6.25. The van der Waals surface area contributed by atoms with Gasteiger partial charge >= 0.3 is 0 Å². The molecule has 0 saturated carbocycles. The number of fused-ring (bicyclic) bond motifs is 1. The number of amides is 3. The van der Waals surface area contributed by atoms with Crippen LogP contribution >= 0.6 is 0 Å². The third kappa shape index (κ3) is 2.38. The van der Waals surface area contributed by atoms with Crippen molar-refractivity contribution in [3.63, 3.8) is 0 Å². The predicted molar refractivity (Wildman–Crippen MR) is 90.1 cm³/mol. The second kappa shape index (κ2) is 5.78. The summed E-state index contributed by atoms with van der Waals surface area (Å²) in [5.74, 6) is -0.906. The minimum absolute atomic E-state index is 0.204. The number of hydrogen-bond acceptors (Lipinski definition) is 4. The number of likely N-dealkylation sites (tertiary alicyclic amines) is 1. The lowest BCUT2D eigenvalue weighted by Gasteiger charge is -2.37. The van der Waals surface area contributed by atoms with E-state index in [2.05, 4.69) is 6.58 Å². The van der Waals surface area contributed by atoms with E-state index in [0.717, 1.165) is 10.6 Å². The van der Waals surface area contributed by atoms with Crippen LogP contribution in [0.15, 0.2) is 30.5 Å². The quantitative estimate of drug-likeness (QED) is 0.680. The number of rotatable bonds is 3. The summed E-state index contributed by atoms with van der Waals surface area (Å²) in [5, 5.41) is 0. The fourth-order valence-electron chi connectivity index (χ4n) is 3.33. The lowest BCUT2D eigenvalue weighted by Crippen LogP contribution is -2.53. The first-order chi connectivity index (χ1) is 11.3. The highest BCUT2D eigenvalue weighted by Gasteiger charge is 2.46. The largest absolute Gasteiger partial charge is 0.398 e. The van der Waals surface area contributed by atoms with Gasteiger partial charge < -0.3 is 10.6 Å². The number of allylic oxidation sites excluding steroid dienone is 1. The molecule has 24 heavy (non-hydrogen) atoms. The predicted octanol–water partition coefficient (Wildman–Crippen LogP) is 2.03. The van der Waals surface area contributed by atoms with E-state index in [4.69, 9.17) is 5.73 Å². The summed E-state index contributed by atoms with van der Waals surface area (Å²) >= 11 is 0. The molecule has 6 nitrogen and oxygen atoms in total. The van der Waals surface area contributed by atoms with Crippen LogP contribution in [0.5, 0.6) is 0 Å². The lowest BCUT2D eigenvalue weighted by molar-refractivity contribution is -0.136. The van der Waals surface area contributed by atoms with Gasteiger partial charge in [0.05, 0.1) is 11.1 Å². The normalized spacial score (nSPS) is 21.0. The third-order valence-corrected chi connectivity index (χ3v) is 4.48. The minimum atomic E-state index is -0.791. The average molecular weight is 327 g/mol. The lowest BCUT2D eigenvalue weighted by atomic mass is 9.99. The van der Waals surface area contributed by atoms with Crippen LogP contribution in [0, 0.1) is 5.92 Å². The van der Waals surface area contributed by atoms with Crippen LogP contribution in [0.25, 0.3) is 0 Å². The number of nitrogens with two attached hydrogens (primary N) is 1. The molecule has 0 aliphatic carbocycles. The van der Waals surface area contributed by atoms with Gasteiger partial charge in [0.2, 0.25) is 5.91 Å². The summed E-state index contributed by atoms with van der Waals surface area (Å²) in [6, 6.07) is 4.01. The Morgan fingerprint density at radius 2 is 1.96 bits per heavy atom. The zero-order valence-corrected chi connectivity index (χ0v) is 13.9. The summed E-state index contributed by atoms with van der Waals surface area (Å²) < 4.78 is 0. The van der Waals surface area contributed by atoms with E-state index in [1.54, 1.807) is 23.1 Å². The highest BCUT2D eigenvalue weighted by Crippen LogP contribution is 2.33. The molecule has 3 rings (SSSR count). The first-order valence-electron chi connectivity index (χ1n) is 8.08. The molecule has 6 heteroatoms. The topological polar surface area (TPSA) is 83.7 Å². The van der Waals surface area contributed by atoms with Gasteiger partial charge in [0.1, 0.15) is 6.04 Å². The Balaban J connectivity index is 1.94. The Morgan fingerprint density at radius 3 is 2.58 bits per heavy atom. The van der Waals surface area contributed by atoms with E-state index in [0.29, 0.717) is 19.4 Å². The Bertz CT molecular complexity index is 754. The van der Waals surface area contributed by atoms with E-state index in [1.807, 2.05) is 13.8 Å². The second-order valence-electron chi connectivity index (χ2n) is 6.71. The first kappa shape index (κ1) is 16.2. The molecule has 2 N–H and O–H groups in total. The van der Waals surface area contributed by atoms with Crippen molar-refractivity contribution >= 4 is 23.4 Å². The molecular weight excluding hydrogens is 306 g/mol. The number of piperidine rings is 1. The number of nitrogens with zero attached hydrogens (tertiary/aromatic N) is 2. The van der Waals surface area contributed by atoms with Crippen LogP contribution in [0.2, 0.25) is 0 Å². The van der Waals surface area contributed by atoms with Crippen LogP contribution in [0.3, 0.4) is 0 Å². The number of hydrogen-bond donors (Lipinski definition) is 1. The molecule has 1 aromatic rings. The number of carbonyl (C=O) groups is 3. The summed E-state index contributed by atoms with van der Waals surface area (Å²) in [6.45, 7) is 8.49. The van der Waals surface area contributed by atoms with Crippen molar-refractivity contribution < 1.29 is 14.4 Å². The van der Waals surface area contributed by atoms with Crippen molar-refractivity contribution in [2.75, 3.05) is 12.3 Å². The summed E-state index contributed by atoms with van der Waals surface area (Å²) in [6.07, 6.45) is 0.976. The molecule has 0 aromatic heterocycles. The maximum atomic E-state index is 12.9. The van der Waals surface area contributed by atoms with Crippen molar-refractivity contribution in [3.05, 3.63) is 41.6 Å². The maximum Gasteiger partial charge on any atom is 0.264 e. The molecule has 0 radical (unpaired) electrons. The molecule has 2 aliphatic heterocycles. The number of nitrogen functional groups attached to an aromatic ring is 1. The number of imide groups is 1. The molecule has 1 unspecified atom stereocenters. The van der Waals surface area contributed by atoms with Gasteiger partial charge in [0, 0.05) is 17.9 Å².